The second-order valence-corrected chi connectivity index (χ2v) is 22.1. The Morgan fingerprint density at radius 3 is 1.35 bits per heavy atom. The van der Waals surface area contributed by atoms with Crippen molar-refractivity contribution in [2.75, 3.05) is 13.2 Å². The topological polar surface area (TPSA) is 175 Å². The third-order valence-electron chi connectivity index (χ3n) is 14.9. The molecule has 1 amide bonds. The summed E-state index contributed by atoms with van der Waals surface area (Å²) in [6, 6.07) is -1.05. The minimum absolute atomic E-state index is 0.0821. The predicted octanol–water partition coefficient (Wildman–Crippen LogP) is 15.4. The van der Waals surface area contributed by atoms with Gasteiger partial charge in [0.1, 0.15) is 24.4 Å². The molecule has 1 heterocycles. The van der Waals surface area contributed by atoms with Gasteiger partial charge >= 0.3 is 5.97 Å². The highest BCUT2D eigenvalue weighted by Gasteiger charge is 2.47. The quantitative estimate of drug-likeness (QED) is 0.0195. The molecule has 1 fully saturated rings. The maximum Gasteiger partial charge on any atom is 0.306 e. The number of carbonyl (C=O) groups is 2. The van der Waals surface area contributed by atoms with E-state index in [-0.39, 0.29) is 19.4 Å². The number of nitrogens with one attached hydrogen (secondary N) is 1. The molecule has 0 aromatic carbocycles. The number of rotatable bonds is 54. The number of unbranched alkanes of at least 4 members (excludes halogenated alkanes) is 33. The molecule has 0 aromatic heterocycles. The highest BCUT2D eigenvalue weighted by atomic mass is 16.7. The first kappa shape index (κ1) is 72.4. The number of aliphatic hydroxyl groups excluding tert-OH is 5. The van der Waals surface area contributed by atoms with Gasteiger partial charge in [-0.15, -0.1) is 0 Å². The van der Waals surface area contributed by atoms with Gasteiger partial charge in [-0.05, 0) is 70.6 Å². The molecule has 1 aliphatic heterocycles. The summed E-state index contributed by atoms with van der Waals surface area (Å²) in [4.78, 5) is 26.5. The van der Waals surface area contributed by atoms with Crippen LogP contribution in [0.5, 0.6) is 0 Å². The van der Waals surface area contributed by atoms with E-state index in [9.17, 15) is 35.1 Å². The number of ether oxygens (including phenoxy) is 3. The van der Waals surface area contributed by atoms with Crippen LogP contribution in [0.2, 0.25) is 0 Å². The normalized spacial score (nSPS) is 19.4. The Morgan fingerprint density at radius 1 is 0.506 bits per heavy atom. The van der Waals surface area contributed by atoms with Gasteiger partial charge in [-0.3, -0.25) is 9.59 Å². The van der Waals surface area contributed by atoms with Crippen molar-refractivity contribution >= 4 is 11.9 Å². The number of esters is 1. The zero-order chi connectivity index (χ0) is 56.1. The van der Waals surface area contributed by atoms with Crippen LogP contribution in [-0.4, -0.2) is 99.6 Å². The lowest BCUT2D eigenvalue weighted by Crippen LogP contribution is -2.61. The standard InChI is InChI=1S/C66H119NO10/c1-4-7-10-13-16-19-22-24-25-26-27-28-29-30-31-32-33-34-35-36-39-42-45-48-51-54-61(71)77-64-63(73)62(72)60(55-68)76-66(64)75-56-57(58(69)52-49-46-43-40-37-21-18-15-12-9-6-3)67-65(74)59(70)53-50-47-44-41-38-23-20-17-14-11-8-5-2/h16,19,24-25,38,41,47,49-50,52,57-60,62-64,66,68-70,72-73H,4-15,17-18,20-23,26-37,39-40,42-46,48,51,53-56H2,1-3H3,(H,67,74)/b19-16-,25-24-,41-38-,50-47+,52-49+. The molecule has 0 bridgehead atoms. The fourth-order valence-electron chi connectivity index (χ4n) is 9.78. The molecule has 6 N–H and O–H groups in total. The number of allylic oxidation sites excluding steroid dienone is 8. The second kappa shape index (κ2) is 54.0. The third kappa shape index (κ3) is 42.0. The van der Waals surface area contributed by atoms with Gasteiger partial charge in [0.15, 0.2) is 12.4 Å². The maximum absolute atomic E-state index is 13.3. The molecule has 0 spiro atoms. The fourth-order valence-corrected chi connectivity index (χ4v) is 9.78. The van der Waals surface area contributed by atoms with Crippen molar-refractivity contribution < 1.29 is 49.3 Å². The summed E-state index contributed by atoms with van der Waals surface area (Å²) < 4.78 is 17.6. The molecule has 1 aliphatic rings. The molecule has 448 valence electrons. The van der Waals surface area contributed by atoms with Crippen LogP contribution in [0.15, 0.2) is 60.8 Å². The molecule has 1 saturated heterocycles. The van der Waals surface area contributed by atoms with Crippen molar-refractivity contribution in [3.05, 3.63) is 60.8 Å². The summed E-state index contributed by atoms with van der Waals surface area (Å²) in [5.41, 5.74) is 0. The Morgan fingerprint density at radius 2 is 0.896 bits per heavy atom. The van der Waals surface area contributed by atoms with E-state index in [4.69, 9.17) is 14.2 Å². The van der Waals surface area contributed by atoms with Crippen LogP contribution in [0, 0.1) is 0 Å². The number of hydrogen-bond acceptors (Lipinski definition) is 10. The molecular formula is C66H119NO10. The van der Waals surface area contributed by atoms with E-state index in [1.807, 2.05) is 12.2 Å². The van der Waals surface area contributed by atoms with Gasteiger partial charge < -0.3 is 45.1 Å². The Hall–Kier alpha value is -2.64. The van der Waals surface area contributed by atoms with Gasteiger partial charge in [-0.1, -0.05) is 261 Å². The maximum atomic E-state index is 13.3. The summed E-state index contributed by atoms with van der Waals surface area (Å²) in [6.07, 6.45) is 57.3. The van der Waals surface area contributed by atoms with E-state index < -0.39 is 67.4 Å². The molecule has 77 heavy (non-hydrogen) atoms. The molecule has 0 aromatic rings. The zero-order valence-corrected chi connectivity index (χ0v) is 49.6. The first-order valence-corrected chi connectivity index (χ1v) is 32.1. The van der Waals surface area contributed by atoms with Gasteiger partial charge in [0.25, 0.3) is 0 Å². The Balaban J connectivity index is 2.58. The number of amides is 1. The van der Waals surface area contributed by atoms with Gasteiger partial charge in [0.05, 0.1) is 25.4 Å². The van der Waals surface area contributed by atoms with Crippen molar-refractivity contribution in [1.82, 2.24) is 5.32 Å². The van der Waals surface area contributed by atoms with E-state index in [0.717, 1.165) is 57.8 Å². The van der Waals surface area contributed by atoms with Crippen LogP contribution < -0.4 is 5.32 Å². The predicted molar refractivity (Wildman–Crippen MR) is 320 cm³/mol. The molecule has 0 aliphatic carbocycles. The van der Waals surface area contributed by atoms with Crippen LogP contribution in [0.25, 0.3) is 0 Å². The van der Waals surface area contributed by atoms with Crippen LogP contribution in [0.3, 0.4) is 0 Å². The van der Waals surface area contributed by atoms with E-state index in [0.29, 0.717) is 12.8 Å². The van der Waals surface area contributed by atoms with Crippen LogP contribution >= 0.6 is 0 Å². The molecule has 0 radical (unpaired) electrons. The molecular weight excluding hydrogens is 967 g/mol. The van der Waals surface area contributed by atoms with E-state index in [2.05, 4.69) is 62.5 Å². The summed E-state index contributed by atoms with van der Waals surface area (Å²) in [5.74, 6) is -1.26. The Bertz CT molecular complexity index is 1480. The third-order valence-corrected chi connectivity index (χ3v) is 14.9. The smallest absolute Gasteiger partial charge is 0.306 e. The van der Waals surface area contributed by atoms with E-state index in [1.165, 1.54) is 180 Å². The first-order chi connectivity index (χ1) is 37.7. The SMILES string of the molecule is CCCCC/C=C\C/C=C\CCCCCCCCCCCCCCCCCC(=O)OC1C(OCC(NC(=O)C(O)C/C=C/C/C=C\CCCCCCCC)C(O)/C=C/CCCCCCCCCCC)OC(CO)C(O)C1O. The average molecular weight is 1090 g/mol. The molecule has 0 saturated carbocycles. The largest absolute Gasteiger partial charge is 0.454 e. The van der Waals surface area contributed by atoms with Crippen molar-refractivity contribution in [2.45, 2.75) is 333 Å². The molecule has 1 rings (SSSR count). The van der Waals surface area contributed by atoms with E-state index >= 15 is 0 Å². The van der Waals surface area contributed by atoms with Crippen LogP contribution in [-0.2, 0) is 23.8 Å². The monoisotopic (exact) mass is 1090 g/mol. The zero-order valence-electron chi connectivity index (χ0n) is 49.6. The summed E-state index contributed by atoms with van der Waals surface area (Å²) >= 11 is 0. The van der Waals surface area contributed by atoms with Crippen molar-refractivity contribution in [1.29, 1.82) is 0 Å². The fraction of sp³-hybridized carbons (Fsp3) is 0.818. The first-order valence-electron chi connectivity index (χ1n) is 32.1. The lowest BCUT2D eigenvalue weighted by Gasteiger charge is -2.41. The number of hydrogen-bond donors (Lipinski definition) is 6. The van der Waals surface area contributed by atoms with Gasteiger partial charge in [0, 0.05) is 12.8 Å². The van der Waals surface area contributed by atoms with Crippen molar-refractivity contribution in [3.8, 4) is 0 Å². The highest BCUT2D eigenvalue weighted by molar-refractivity contribution is 5.81. The Kier molecular flexibility index (Phi) is 50.7. The van der Waals surface area contributed by atoms with Gasteiger partial charge in [-0.2, -0.15) is 0 Å². The Labute approximate surface area is 471 Å². The summed E-state index contributed by atoms with van der Waals surface area (Å²) in [7, 11) is 0. The number of aliphatic hydroxyl groups is 5. The highest BCUT2D eigenvalue weighted by Crippen LogP contribution is 2.26. The minimum atomic E-state index is -1.62. The lowest BCUT2D eigenvalue weighted by molar-refractivity contribution is -0.305. The van der Waals surface area contributed by atoms with Crippen LogP contribution in [0.1, 0.15) is 284 Å². The molecule has 11 heteroatoms. The molecule has 11 nitrogen and oxygen atoms in total. The van der Waals surface area contributed by atoms with Gasteiger partial charge in [0.2, 0.25) is 5.91 Å². The van der Waals surface area contributed by atoms with Crippen molar-refractivity contribution in [2.24, 2.45) is 0 Å². The summed E-state index contributed by atoms with van der Waals surface area (Å²) in [6.45, 7) is 5.72. The van der Waals surface area contributed by atoms with Crippen LogP contribution in [0.4, 0.5) is 0 Å². The second-order valence-electron chi connectivity index (χ2n) is 22.1. The molecule has 8 atom stereocenters. The average Bonchev–Trinajstić information content (AvgIpc) is 3.43. The summed E-state index contributed by atoms with van der Waals surface area (Å²) in [5, 5.41) is 56.8. The molecule has 8 unspecified atom stereocenters. The van der Waals surface area contributed by atoms with Gasteiger partial charge in [-0.25, -0.2) is 0 Å². The minimum Gasteiger partial charge on any atom is -0.454 e. The van der Waals surface area contributed by atoms with Crippen molar-refractivity contribution in [3.63, 3.8) is 0 Å². The number of carbonyl (C=O) groups excluding carboxylic acids is 2. The lowest BCUT2D eigenvalue weighted by atomic mass is 9.99. The van der Waals surface area contributed by atoms with E-state index in [1.54, 1.807) is 12.2 Å².